The van der Waals surface area contributed by atoms with E-state index in [0.717, 1.165) is 19.3 Å². The number of ether oxygens (including phenoxy) is 1. The number of anilines is 2. The largest absolute Gasteiger partial charge is 0.454 e. The molecule has 138 valence electrons. The Hall–Kier alpha value is -2.90. The molecule has 2 aliphatic rings. The molecule has 1 aromatic rings. The van der Waals surface area contributed by atoms with Crippen molar-refractivity contribution in [1.29, 1.82) is 0 Å². The molecular formula is C18H21N3O5. The Morgan fingerprint density at radius 1 is 1.12 bits per heavy atom. The molecule has 0 bridgehead atoms. The number of carbonyl (C=O) groups is 4. The number of fused-ring (bicyclic) bond motifs is 1. The highest BCUT2D eigenvalue weighted by Crippen LogP contribution is 2.28. The summed E-state index contributed by atoms with van der Waals surface area (Å²) >= 11 is 0. The summed E-state index contributed by atoms with van der Waals surface area (Å²) < 4.78 is 5.04. The van der Waals surface area contributed by atoms with Crippen molar-refractivity contribution in [3.63, 3.8) is 0 Å². The van der Waals surface area contributed by atoms with E-state index in [-0.39, 0.29) is 24.9 Å². The molecule has 0 saturated carbocycles. The molecule has 2 heterocycles. The first-order chi connectivity index (χ1) is 12.5. The minimum absolute atomic E-state index is 0.0626. The predicted octanol–water partition coefficient (Wildman–Crippen LogP) is 0.917. The minimum Gasteiger partial charge on any atom is -0.454 e. The van der Waals surface area contributed by atoms with E-state index in [9.17, 15) is 19.2 Å². The van der Waals surface area contributed by atoms with E-state index in [1.54, 1.807) is 24.3 Å². The summed E-state index contributed by atoms with van der Waals surface area (Å²) in [5.74, 6) is -1.47. The summed E-state index contributed by atoms with van der Waals surface area (Å²) in [4.78, 5) is 50.8. The molecule has 0 aromatic heterocycles. The lowest BCUT2D eigenvalue weighted by Crippen LogP contribution is -2.44. The molecule has 1 saturated heterocycles. The van der Waals surface area contributed by atoms with Crippen LogP contribution in [0.15, 0.2) is 24.3 Å². The second kappa shape index (κ2) is 7.99. The van der Waals surface area contributed by atoms with E-state index in [2.05, 4.69) is 5.32 Å². The van der Waals surface area contributed by atoms with Crippen molar-refractivity contribution < 1.29 is 23.9 Å². The second-order valence-electron chi connectivity index (χ2n) is 6.33. The van der Waals surface area contributed by atoms with Crippen LogP contribution in [0.2, 0.25) is 0 Å². The third-order valence-corrected chi connectivity index (χ3v) is 4.42. The van der Waals surface area contributed by atoms with Crippen LogP contribution in [0.3, 0.4) is 0 Å². The average Bonchev–Trinajstić information content (AvgIpc) is 2.83. The van der Waals surface area contributed by atoms with Gasteiger partial charge in [-0.2, -0.15) is 0 Å². The average molecular weight is 359 g/mol. The van der Waals surface area contributed by atoms with E-state index >= 15 is 0 Å². The topological polar surface area (TPSA) is 96.0 Å². The Balaban J connectivity index is 1.56. The zero-order valence-corrected chi connectivity index (χ0v) is 14.4. The molecule has 3 rings (SSSR count). The van der Waals surface area contributed by atoms with Gasteiger partial charge in [-0.25, -0.2) is 0 Å². The maximum Gasteiger partial charge on any atom is 0.326 e. The minimum atomic E-state index is -0.622. The molecule has 0 spiro atoms. The van der Waals surface area contributed by atoms with Gasteiger partial charge in [0.1, 0.15) is 13.1 Å². The molecule has 0 unspecified atom stereocenters. The number of hydrogen-bond acceptors (Lipinski definition) is 5. The van der Waals surface area contributed by atoms with E-state index < -0.39 is 18.5 Å². The number of likely N-dealkylation sites (tertiary alicyclic amines) is 1. The molecule has 3 amide bonds. The summed E-state index contributed by atoms with van der Waals surface area (Å²) in [6.07, 6.45) is 3.09. The fraction of sp³-hybridized carbons (Fsp3) is 0.444. The van der Waals surface area contributed by atoms with Crippen molar-refractivity contribution >= 4 is 35.1 Å². The third kappa shape index (κ3) is 4.19. The number of hydrogen-bond donors (Lipinski definition) is 1. The number of carbonyl (C=O) groups excluding carboxylic acids is 4. The quantitative estimate of drug-likeness (QED) is 0.807. The lowest BCUT2D eigenvalue weighted by molar-refractivity contribution is -0.151. The van der Waals surface area contributed by atoms with Crippen molar-refractivity contribution in [2.45, 2.75) is 25.7 Å². The summed E-state index contributed by atoms with van der Waals surface area (Å²) in [5.41, 5.74) is 1.11. The van der Waals surface area contributed by atoms with Gasteiger partial charge in [0.2, 0.25) is 11.8 Å². The fourth-order valence-corrected chi connectivity index (χ4v) is 3.08. The van der Waals surface area contributed by atoms with Crippen LogP contribution in [0.1, 0.15) is 25.7 Å². The lowest BCUT2D eigenvalue weighted by Gasteiger charge is -2.29. The number of nitrogens with zero attached hydrogens (tertiary/aromatic N) is 2. The Bertz CT molecular complexity index is 733. The SMILES string of the molecule is O=C1CN(C(=O)COC(=O)CN2CCCCCC2=O)c2ccccc2N1. The van der Waals surface area contributed by atoms with Gasteiger partial charge < -0.3 is 15.0 Å². The fourth-order valence-electron chi connectivity index (χ4n) is 3.08. The first-order valence-electron chi connectivity index (χ1n) is 8.67. The summed E-state index contributed by atoms with van der Waals surface area (Å²) in [6.45, 7) is -0.217. The van der Waals surface area contributed by atoms with Crippen LogP contribution in [0, 0.1) is 0 Å². The van der Waals surface area contributed by atoms with Crippen molar-refractivity contribution in [3.05, 3.63) is 24.3 Å². The molecular weight excluding hydrogens is 338 g/mol. The van der Waals surface area contributed by atoms with Crippen molar-refractivity contribution in [1.82, 2.24) is 4.90 Å². The first-order valence-corrected chi connectivity index (χ1v) is 8.67. The van der Waals surface area contributed by atoms with Crippen LogP contribution >= 0.6 is 0 Å². The highest BCUT2D eigenvalue weighted by molar-refractivity contribution is 6.10. The molecule has 8 heteroatoms. The van der Waals surface area contributed by atoms with E-state index in [1.807, 2.05) is 0 Å². The van der Waals surface area contributed by atoms with E-state index in [1.165, 1.54) is 9.80 Å². The number of amides is 3. The molecule has 0 radical (unpaired) electrons. The maximum atomic E-state index is 12.4. The molecule has 8 nitrogen and oxygen atoms in total. The highest BCUT2D eigenvalue weighted by Gasteiger charge is 2.27. The lowest BCUT2D eigenvalue weighted by atomic mass is 10.2. The number of nitrogens with one attached hydrogen (secondary N) is 1. The number of benzene rings is 1. The van der Waals surface area contributed by atoms with Crippen molar-refractivity contribution in [3.8, 4) is 0 Å². The standard InChI is InChI=1S/C18H21N3O5/c22-15-10-21(14-7-4-3-6-13(14)19-15)17(24)12-26-18(25)11-20-9-5-1-2-8-16(20)23/h3-4,6-7H,1-2,5,8-12H2,(H,19,22). The number of para-hydroxylation sites is 2. The predicted molar refractivity (Wildman–Crippen MR) is 93.4 cm³/mol. The van der Waals surface area contributed by atoms with Gasteiger partial charge in [-0.05, 0) is 25.0 Å². The monoisotopic (exact) mass is 359 g/mol. The summed E-state index contributed by atoms with van der Waals surface area (Å²) in [5, 5.41) is 2.69. The van der Waals surface area contributed by atoms with Crippen LogP contribution in [-0.2, 0) is 23.9 Å². The normalized spacial score (nSPS) is 17.2. The molecule has 26 heavy (non-hydrogen) atoms. The van der Waals surface area contributed by atoms with E-state index in [4.69, 9.17) is 4.74 Å². The Labute approximate surface area is 151 Å². The van der Waals surface area contributed by atoms with Gasteiger partial charge in [-0.3, -0.25) is 24.1 Å². The van der Waals surface area contributed by atoms with Gasteiger partial charge in [0.15, 0.2) is 6.61 Å². The maximum absolute atomic E-state index is 12.4. The van der Waals surface area contributed by atoms with Crippen LogP contribution in [0.5, 0.6) is 0 Å². The molecule has 1 aromatic carbocycles. The Morgan fingerprint density at radius 3 is 2.77 bits per heavy atom. The van der Waals surface area contributed by atoms with Gasteiger partial charge in [0.25, 0.3) is 5.91 Å². The van der Waals surface area contributed by atoms with Crippen LogP contribution in [-0.4, -0.2) is 54.8 Å². The van der Waals surface area contributed by atoms with Crippen molar-refractivity contribution in [2.24, 2.45) is 0 Å². The zero-order chi connectivity index (χ0) is 18.5. The Morgan fingerprint density at radius 2 is 1.92 bits per heavy atom. The highest BCUT2D eigenvalue weighted by atomic mass is 16.5. The van der Waals surface area contributed by atoms with Crippen LogP contribution in [0.25, 0.3) is 0 Å². The summed E-state index contributed by atoms with van der Waals surface area (Å²) in [7, 11) is 0. The smallest absolute Gasteiger partial charge is 0.326 e. The van der Waals surface area contributed by atoms with Gasteiger partial charge in [-0.15, -0.1) is 0 Å². The van der Waals surface area contributed by atoms with Crippen LogP contribution in [0.4, 0.5) is 11.4 Å². The van der Waals surface area contributed by atoms with Gasteiger partial charge in [-0.1, -0.05) is 18.6 Å². The van der Waals surface area contributed by atoms with Gasteiger partial charge in [0, 0.05) is 13.0 Å². The Kier molecular flexibility index (Phi) is 5.50. The molecule has 1 N–H and O–H groups in total. The first kappa shape index (κ1) is 17.9. The number of esters is 1. The number of rotatable bonds is 4. The second-order valence-corrected chi connectivity index (χ2v) is 6.33. The zero-order valence-electron chi connectivity index (χ0n) is 14.4. The third-order valence-electron chi connectivity index (χ3n) is 4.42. The van der Waals surface area contributed by atoms with Crippen molar-refractivity contribution in [2.75, 3.05) is 36.5 Å². The van der Waals surface area contributed by atoms with Gasteiger partial charge >= 0.3 is 5.97 Å². The molecule has 1 fully saturated rings. The summed E-state index contributed by atoms with van der Waals surface area (Å²) in [6, 6.07) is 6.92. The van der Waals surface area contributed by atoms with E-state index in [0.29, 0.717) is 24.3 Å². The van der Waals surface area contributed by atoms with Gasteiger partial charge in [0.05, 0.1) is 11.4 Å². The van der Waals surface area contributed by atoms with Crippen LogP contribution < -0.4 is 10.2 Å². The molecule has 0 atom stereocenters. The molecule has 2 aliphatic heterocycles. The molecule has 0 aliphatic carbocycles.